The Hall–Kier alpha value is -0.600. The molecule has 0 fully saturated rings. The van der Waals surface area contributed by atoms with E-state index in [0.717, 1.165) is 17.5 Å². The lowest BCUT2D eigenvalue weighted by molar-refractivity contribution is 0.453. The second-order valence-corrected chi connectivity index (χ2v) is 3.91. The summed E-state index contributed by atoms with van der Waals surface area (Å²) in [5.41, 5.74) is 8.05. The van der Waals surface area contributed by atoms with Gasteiger partial charge in [-0.2, -0.15) is 0 Å². The fraction of sp³-hybridized carbons (Fsp3) is 0.500. The number of halogens is 2. The topological polar surface area (TPSA) is 26.0 Å². The molecule has 86 valence electrons. The monoisotopic (exact) mass is 231 g/mol. The van der Waals surface area contributed by atoms with Crippen LogP contribution in [0.5, 0.6) is 0 Å². The zero-order valence-corrected chi connectivity index (χ0v) is 10.3. The molecule has 15 heavy (non-hydrogen) atoms. The predicted molar refractivity (Wildman–Crippen MR) is 64.8 cm³/mol. The number of hydrogen-bond donors (Lipinski definition) is 1. The molecule has 0 aliphatic carbocycles. The Balaban J connectivity index is 0.00000196. The van der Waals surface area contributed by atoms with Gasteiger partial charge in [-0.05, 0) is 36.1 Å². The van der Waals surface area contributed by atoms with E-state index in [0.29, 0.717) is 5.92 Å². The van der Waals surface area contributed by atoms with E-state index in [1.807, 2.05) is 6.92 Å². The second kappa shape index (κ2) is 6.09. The summed E-state index contributed by atoms with van der Waals surface area (Å²) >= 11 is 0. The second-order valence-electron chi connectivity index (χ2n) is 3.91. The molecule has 0 saturated heterocycles. The maximum absolute atomic E-state index is 13.0. The van der Waals surface area contributed by atoms with E-state index in [9.17, 15) is 4.39 Å². The molecule has 1 aromatic rings. The van der Waals surface area contributed by atoms with Crippen molar-refractivity contribution in [3.05, 3.63) is 35.1 Å². The van der Waals surface area contributed by atoms with Gasteiger partial charge in [0.15, 0.2) is 0 Å². The third-order valence-corrected chi connectivity index (χ3v) is 2.86. The Kier molecular flexibility index (Phi) is 5.84. The Bertz CT molecular complexity index is 314. The summed E-state index contributed by atoms with van der Waals surface area (Å²) in [4.78, 5) is 0. The fourth-order valence-corrected chi connectivity index (χ4v) is 1.53. The SMILES string of the molecule is CCC(C)[C@@H](N)c1cc(F)ccc1C.Cl. The van der Waals surface area contributed by atoms with Crippen molar-refractivity contribution >= 4 is 12.4 Å². The van der Waals surface area contributed by atoms with Crippen molar-refractivity contribution in [3.63, 3.8) is 0 Å². The molecule has 0 bridgehead atoms. The van der Waals surface area contributed by atoms with Gasteiger partial charge in [0.2, 0.25) is 0 Å². The molecule has 0 aliphatic heterocycles. The summed E-state index contributed by atoms with van der Waals surface area (Å²) < 4.78 is 13.0. The lowest BCUT2D eigenvalue weighted by Crippen LogP contribution is -2.19. The number of nitrogens with two attached hydrogens (primary N) is 1. The van der Waals surface area contributed by atoms with Crippen molar-refractivity contribution in [2.45, 2.75) is 33.2 Å². The minimum Gasteiger partial charge on any atom is -0.324 e. The molecule has 0 radical (unpaired) electrons. The van der Waals surface area contributed by atoms with Gasteiger partial charge in [-0.15, -0.1) is 12.4 Å². The number of aryl methyl sites for hydroxylation is 1. The third-order valence-electron chi connectivity index (χ3n) is 2.86. The molecular formula is C12H19ClFN. The van der Waals surface area contributed by atoms with Gasteiger partial charge in [0, 0.05) is 6.04 Å². The van der Waals surface area contributed by atoms with Crippen LogP contribution in [0, 0.1) is 18.7 Å². The summed E-state index contributed by atoms with van der Waals surface area (Å²) in [6.45, 7) is 6.16. The van der Waals surface area contributed by atoms with Crippen LogP contribution in [-0.2, 0) is 0 Å². The lowest BCUT2D eigenvalue weighted by Gasteiger charge is -2.20. The Morgan fingerprint density at radius 2 is 2.00 bits per heavy atom. The molecular weight excluding hydrogens is 213 g/mol. The zero-order chi connectivity index (χ0) is 10.7. The minimum atomic E-state index is -0.204. The minimum absolute atomic E-state index is 0. The first-order chi connectivity index (χ1) is 6.56. The molecule has 0 spiro atoms. The zero-order valence-electron chi connectivity index (χ0n) is 9.46. The highest BCUT2D eigenvalue weighted by Crippen LogP contribution is 2.25. The van der Waals surface area contributed by atoms with Crippen LogP contribution >= 0.6 is 12.4 Å². The Morgan fingerprint density at radius 3 is 2.53 bits per heavy atom. The fourth-order valence-electron chi connectivity index (χ4n) is 1.53. The van der Waals surface area contributed by atoms with E-state index < -0.39 is 0 Å². The lowest BCUT2D eigenvalue weighted by atomic mass is 9.90. The molecule has 1 unspecified atom stereocenters. The Labute approximate surface area is 97.3 Å². The number of rotatable bonds is 3. The van der Waals surface area contributed by atoms with Crippen molar-refractivity contribution in [2.75, 3.05) is 0 Å². The van der Waals surface area contributed by atoms with E-state index in [1.165, 1.54) is 6.07 Å². The first-order valence-corrected chi connectivity index (χ1v) is 5.08. The van der Waals surface area contributed by atoms with Crippen LogP contribution in [0.2, 0.25) is 0 Å². The number of hydrogen-bond acceptors (Lipinski definition) is 1. The van der Waals surface area contributed by atoms with Gasteiger partial charge in [0.25, 0.3) is 0 Å². The van der Waals surface area contributed by atoms with E-state index in [4.69, 9.17) is 5.73 Å². The van der Waals surface area contributed by atoms with Crippen LogP contribution in [-0.4, -0.2) is 0 Å². The number of benzene rings is 1. The van der Waals surface area contributed by atoms with Crippen LogP contribution in [0.4, 0.5) is 4.39 Å². The van der Waals surface area contributed by atoms with Crippen LogP contribution in [0.25, 0.3) is 0 Å². The normalized spacial score (nSPS) is 14.2. The molecule has 1 nitrogen and oxygen atoms in total. The highest BCUT2D eigenvalue weighted by atomic mass is 35.5. The summed E-state index contributed by atoms with van der Waals surface area (Å²) in [6, 6.07) is 4.75. The molecule has 3 heteroatoms. The van der Waals surface area contributed by atoms with E-state index in [-0.39, 0.29) is 24.3 Å². The van der Waals surface area contributed by atoms with Gasteiger partial charge in [-0.25, -0.2) is 4.39 Å². The van der Waals surface area contributed by atoms with Crippen molar-refractivity contribution in [2.24, 2.45) is 11.7 Å². The van der Waals surface area contributed by atoms with E-state index in [1.54, 1.807) is 12.1 Å². The molecule has 1 aromatic carbocycles. The first kappa shape index (κ1) is 14.4. The smallest absolute Gasteiger partial charge is 0.123 e. The van der Waals surface area contributed by atoms with Gasteiger partial charge >= 0.3 is 0 Å². The molecule has 0 heterocycles. The van der Waals surface area contributed by atoms with Crippen LogP contribution in [0.1, 0.15) is 37.4 Å². The molecule has 0 amide bonds. The molecule has 0 aromatic heterocycles. The predicted octanol–water partition coefficient (Wildman–Crippen LogP) is 3.60. The van der Waals surface area contributed by atoms with Gasteiger partial charge in [-0.3, -0.25) is 0 Å². The molecule has 2 atom stereocenters. The highest BCUT2D eigenvalue weighted by molar-refractivity contribution is 5.85. The van der Waals surface area contributed by atoms with E-state index >= 15 is 0 Å². The third kappa shape index (κ3) is 3.47. The van der Waals surface area contributed by atoms with Crippen molar-refractivity contribution < 1.29 is 4.39 Å². The quantitative estimate of drug-likeness (QED) is 0.845. The van der Waals surface area contributed by atoms with Crippen LogP contribution in [0.15, 0.2) is 18.2 Å². The largest absolute Gasteiger partial charge is 0.324 e. The van der Waals surface area contributed by atoms with Crippen LogP contribution in [0.3, 0.4) is 0 Å². The summed E-state index contributed by atoms with van der Waals surface area (Å²) in [5, 5.41) is 0. The van der Waals surface area contributed by atoms with Gasteiger partial charge in [-0.1, -0.05) is 26.3 Å². The first-order valence-electron chi connectivity index (χ1n) is 5.08. The van der Waals surface area contributed by atoms with Crippen LogP contribution < -0.4 is 5.73 Å². The summed E-state index contributed by atoms with van der Waals surface area (Å²) in [5.74, 6) is 0.180. The maximum atomic E-state index is 13.0. The average Bonchev–Trinajstić information content (AvgIpc) is 2.19. The molecule has 0 saturated carbocycles. The van der Waals surface area contributed by atoms with Crippen molar-refractivity contribution in [1.82, 2.24) is 0 Å². The van der Waals surface area contributed by atoms with Gasteiger partial charge in [0.1, 0.15) is 5.82 Å². The molecule has 2 N–H and O–H groups in total. The van der Waals surface area contributed by atoms with Gasteiger partial charge < -0.3 is 5.73 Å². The van der Waals surface area contributed by atoms with Gasteiger partial charge in [0.05, 0.1) is 0 Å². The molecule has 1 rings (SSSR count). The summed E-state index contributed by atoms with van der Waals surface area (Å²) in [6.07, 6.45) is 1.01. The highest BCUT2D eigenvalue weighted by Gasteiger charge is 2.15. The average molecular weight is 232 g/mol. The van der Waals surface area contributed by atoms with Crippen molar-refractivity contribution in [1.29, 1.82) is 0 Å². The van der Waals surface area contributed by atoms with E-state index in [2.05, 4.69) is 13.8 Å². The maximum Gasteiger partial charge on any atom is 0.123 e. The van der Waals surface area contributed by atoms with Crippen molar-refractivity contribution in [3.8, 4) is 0 Å². The molecule has 0 aliphatic rings. The summed E-state index contributed by atoms with van der Waals surface area (Å²) in [7, 11) is 0. The standard InChI is InChI=1S/C12H18FN.ClH/c1-4-8(2)12(14)11-7-10(13)6-5-9(11)3;/h5-8,12H,4,14H2,1-3H3;1H/t8?,12-;/m1./s1. The Morgan fingerprint density at radius 1 is 1.40 bits per heavy atom.